The van der Waals surface area contributed by atoms with Gasteiger partial charge in [0.1, 0.15) is 0 Å². The Kier molecular flexibility index (Phi) is 7.90. The number of carbonyl (C=O) groups excluding carboxylic acids is 3. The Labute approximate surface area is 289 Å². The highest BCUT2D eigenvalue weighted by Crippen LogP contribution is 2.37. The number of aromatic amines is 2. The maximum absolute atomic E-state index is 13.9. The molecule has 250 valence electrons. The second-order valence-electron chi connectivity index (χ2n) is 13.7. The first kappa shape index (κ1) is 32.5. The molecule has 5 aromatic rings. The van der Waals surface area contributed by atoms with Crippen molar-refractivity contribution in [2.75, 3.05) is 14.2 Å². The third-order valence-corrected chi connectivity index (χ3v) is 9.99. The van der Waals surface area contributed by atoms with Gasteiger partial charge in [0.15, 0.2) is 0 Å². The highest BCUT2D eigenvalue weighted by Gasteiger charge is 2.35. The molecule has 2 aliphatic heterocycles. The summed E-state index contributed by atoms with van der Waals surface area (Å²) in [5.74, 6) is -1.20. The molecule has 8 nitrogen and oxygen atoms in total. The molecule has 0 atom stereocenters. The van der Waals surface area contributed by atoms with E-state index in [1.54, 1.807) is 24.3 Å². The zero-order valence-electron chi connectivity index (χ0n) is 28.8. The summed E-state index contributed by atoms with van der Waals surface area (Å²) in [5, 5.41) is 1.49. The van der Waals surface area contributed by atoms with Crippen LogP contribution in [0.2, 0.25) is 0 Å². The number of nitrogens with one attached hydrogen (secondary N) is 2. The molecule has 0 saturated heterocycles. The SMILES string of the molecule is COC(=O)c1ccc(/C2=c3\cc/c([nH]3)=C(\c3ccc(C(=O)OC)cc3)c3ccc([nH]3)C(C)(C)c3cccc(c3)C(C)(C)C3=NC(=O)C2=C3)cc1. The van der Waals surface area contributed by atoms with E-state index < -0.39 is 22.8 Å². The van der Waals surface area contributed by atoms with Gasteiger partial charge in [0.25, 0.3) is 5.91 Å². The summed E-state index contributed by atoms with van der Waals surface area (Å²) in [6.45, 7) is 8.56. The zero-order chi connectivity index (χ0) is 35.4. The van der Waals surface area contributed by atoms with E-state index in [0.29, 0.717) is 33.3 Å². The zero-order valence-corrected chi connectivity index (χ0v) is 28.8. The summed E-state index contributed by atoms with van der Waals surface area (Å²) >= 11 is 0. The number of methoxy groups -OCH3 is 2. The summed E-state index contributed by atoms with van der Waals surface area (Å²) in [6.07, 6.45) is 1.89. The first-order valence-electron chi connectivity index (χ1n) is 16.4. The minimum absolute atomic E-state index is 0.340. The molecule has 7 rings (SSSR count). The first-order valence-corrected chi connectivity index (χ1v) is 16.4. The number of hydrogen-bond donors (Lipinski definition) is 2. The number of fused-ring (bicyclic) bond motifs is 7. The van der Waals surface area contributed by atoms with Crippen LogP contribution in [-0.2, 0) is 25.1 Å². The van der Waals surface area contributed by atoms with Gasteiger partial charge in [-0.3, -0.25) is 4.79 Å². The lowest BCUT2D eigenvalue weighted by molar-refractivity contribution is -0.113. The van der Waals surface area contributed by atoms with Crippen molar-refractivity contribution in [2.24, 2.45) is 4.99 Å². The number of amides is 1. The number of aromatic nitrogens is 2. The molecule has 1 amide bonds. The standard InChI is InChI=1S/C42H37N3O5/c1-41(2)28-8-7-9-29(22-28)42(3,4)35-23-30(38(46)45-35)36(24-10-14-26(15-11-24)39(47)49-5)31-18-19-32(43-31)37(33-20-21-34(41)44-33)25-12-16-27(17-13-25)40(48)50-6/h7-23,43-44H,1-6H3/b36-31-,37-32-. The normalized spacial score (nSPS) is 18.2. The van der Waals surface area contributed by atoms with Crippen molar-refractivity contribution in [1.29, 1.82) is 0 Å². The van der Waals surface area contributed by atoms with E-state index in [1.807, 2.05) is 42.5 Å². The summed E-state index contributed by atoms with van der Waals surface area (Å²) in [6, 6.07) is 30.9. The van der Waals surface area contributed by atoms with Crippen LogP contribution in [-0.4, -0.2) is 47.7 Å². The molecule has 2 aromatic heterocycles. The summed E-state index contributed by atoms with van der Waals surface area (Å²) in [5.41, 5.74) is 8.16. The number of benzene rings is 3. The van der Waals surface area contributed by atoms with Gasteiger partial charge in [-0.1, -0.05) is 76.2 Å². The van der Waals surface area contributed by atoms with E-state index in [0.717, 1.165) is 44.6 Å². The van der Waals surface area contributed by atoms with Gasteiger partial charge in [-0.2, -0.15) is 0 Å². The Hall–Kier alpha value is -6.02. The summed E-state index contributed by atoms with van der Waals surface area (Å²) < 4.78 is 9.86. The predicted octanol–water partition coefficient (Wildman–Crippen LogP) is 5.89. The third kappa shape index (κ3) is 5.43. The van der Waals surface area contributed by atoms with Crippen molar-refractivity contribution in [3.05, 3.63) is 164 Å². The number of rotatable bonds is 4. The maximum Gasteiger partial charge on any atom is 0.337 e. The monoisotopic (exact) mass is 663 g/mol. The van der Waals surface area contributed by atoms with E-state index in [9.17, 15) is 14.4 Å². The minimum Gasteiger partial charge on any atom is -0.465 e. The Morgan fingerprint density at radius 1 is 0.640 bits per heavy atom. The van der Waals surface area contributed by atoms with Gasteiger partial charge in [0.2, 0.25) is 0 Å². The van der Waals surface area contributed by atoms with Crippen LogP contribution in [0.15, 0.2) is 114 Å². The summed E-state index contributed by atoms with van der Waals surface area (Å²) in [7, 11) is 2.71. The quantitative estimate of drug-likeness (QED) is 0.233. The number of allylic oxidation sites excluding steroid dienone is 1. The van der Waals surface area contributed by atoms with Crippen molar-refractivity contribution >= 4 is 34.7 Å². The number of carbonyl (C=O) groups is 3. The van der Waals surface area contributed by atoms with Crippen LogP contribution in [0.25, 0.3) is 11.1 Å². The molecule has 50 heavy (non-hydrogen) atoms. The van der Waals surface area contributed by atoms with Crippen LogP contribution < -0.4 is 10.7 Å². The minimum atomic E-state index is -0.584. The fourth-order valence-electron chi connectivity index (χ4n) is 6.79. The molecule has 0 radical (unpaired) electrons. The van der Waals surface area contributed by atoms with Crippen LogP contribution in [0.3, 0.4) is 0 Å². The number of ether oxygens (including phenoxy) is 2. The lowest BCUT2D eigenvalue weighted by Crippen LogP contribution is -2.28. The fourth-order valence-corrected chi connectivity index (χ4v) is 6.79. The van der Waals surface area contributed by atoms with Crippen LogP contribution >= 0.6 is 0 Å². The van der Waals surface area contributed by atoms with Gasteiger partial charge in [0.05, 0.1) is 36.6 Å². The molecule has 8 bridgehead atoms. The van der Waals surface area contributed by atoms with Crippen LogP contribution in [0, 0.1) is 0 Å². The third-order valence-electron chi connectivity index (χ3n) is 9.99. The number of H-pyrrole nitrogens is 2. The van der Waals surface area contributed by atoms with Gasteiger partial charge in [-0.05, 0) is 76.9 Å². The van der Waals surface area contributed by atoms with Crippen LogP contribution in [0.5, 0.6) is 0 Å². The highest BCUT2D eigenvalue weighted by molar-refractivity contribution is 6.25. The molecule has 8 heteroatoms. The Balaban J connectivity index is 1.56. The molecule has 2 N–H and O–H groups in total. The molecular weight excluding hydrogens is 626 g/mol. The highest BCUT2D eigenvalue weighted by atomic mass is 16.5. The van der Waals surface area contributed by atoms with E-state index in [2.05, 4.69) is 79.1 Å². The number of hydrogen-bond acceptors (Lipinski definition) is 5. The molecule has 0 unspecified atom stereocenters. The van der Waals surface area contributed by atoms with Crippen molar-refractivity contribution in [3.8, 4) is 0 Å². The van der Waals surface area contributed by atoms with Crippen molar-refractivity contribution in [1.82, 2.24) is 9.97 Å². The maximum atomic E-state index is 13.9. The topological polar surface area (TPSA) is 114 Å². The molecule has 0 saturated carbocycles. The van der Waals surface area contributed by atoms with E-state index in [4.69, 9.17) is 9.47 Å². The van der Waals surface area contributed by atoms with Gasteiger partial charge in [-0.15, -0.1) is 0 Å². The number of esters is 2. The molecule has 0 spiro atoms. The van der Waals surface area contributed by atoms with Gasteiger partial charge >= 0.3 is 11.9 Å². The first-order chi connectivity index (χ1) is 23.9. The van der Waals surface area contributed by atoms with E-state index in [-0.39, 0.29) is 5.91 Å². The molecular formula is C42H37N3O5. The van der Waals surface area contributed by atoms with Gasteiger partial charge < -0.3 is 19.4 Å². The van der Waals surface area contributed by atoms with Crippen molar-refractivity contribution in [3.63, 3.8) is 0 Å². The Morgan fingerprint density at radius 2 is 1.18 bits per heavy atom. The lowest BCUT2D eigenvalue weighted by atomic mass is 9.75. The molecule has 0 aliphatic carbocycles. The molecule has 3 aromatic carbocycles. The van der Waals surface area contributed by atoms with E-state index in [1.165, 1.54) is 14.2 Å². The molecule has 4 heterocycles. The van der Waals surface area contributed by atoms with Crippen LogP contribution in [0.1, 0.15) is 82.1 Å². The lowest BCUT2D eigenvalue weighted by Gasteiger charge is -2.29. The second-order valence-corrected chi connectivity index (χ2v) is 13.7. The van der Waals surface area contributed by atoms with Gasteiger partial charge in [-0.25, -0.2) is 14.6 Å². The van der Waals surface area contributed by atoms with Crippen LogP contribution in [0.4, 0.5) is 0 Å². The molecule has 2 aliphatic rings. The van der Waals surface area contributed by atoms with Gasteiger partial charge in [0, 0.05) is 44.1 Å². The average molecular weight is 664 g/mol. The Bertz CT molecular complexity index is 2380. The summed E-state index contributed by atoms with van der Waals surface area (Å²) in [4.78, 5) is 50.4. The largest absolute Gasteiger partial charge is 0.465 e. The smallest absolute Gasteiger partial charge is 0.337 e. The fraction of sp³-hybridized carbons (Fsp3) is 0.190. The van der Waals surface area contributed by atoms with Crippen molar-refractivity contribution < 1.29 is 23.9 Å². The Morgan fingerprint density at radius 3 is 1.76 bits per heavy atom. The second kappa shape index (κ2) is 12.1. The average Bonchev–Trinajstić information content (AvgIpc) is 3.90. The molecule has 0 fully saturated rings. The predicted molar refractivity (Wildman–Crippen MR) is 193 cm³/mol. The van der Waals surface area contributed by atoms with Crippen molar-refractivity contribution in [2.45, 2.75) is 38.5 Å². The van der Waals surface area contributed by atoms with E-state index >= 15 is 0 Å². The number of aliphatic imine (C=N–C) groups is 1. The number of nitrogens with zero attached hydrogens (tertiary/aromatic N) is 1.